The van der Waals surface area contributed by atoms with E-state index in [1.807, 2.05) is 40.0 Å². The van der Waals surface area contributed by atoms with Crippen LogP contribution in [-0.2, 0) is 16.1 Å². The van der Waals surface area contributed by atoms with Crippen molar-refractivity contribution in [2.75, 3.05) is 7.05 Å². The molecule has 5 nitrogen and oxygen atoms in total. The number of rotatable bonds is 8. The summed E-state index contributed by atoms with van der Waals surface area (Å²) in [5.41, 5.74) is 3.76. The first-order valence-corrected chi connectivity index (χ1v) is 12.0. The van der Waals surface area contributed by atoms with E-state index >= 15 is 0 Å². The maximum Gasteiger partial charge on any atom is 0.410 e. The van der Waals surface area contributed by atoms with E-state index in [-0.39, 0.29) is 18.8 Å². The predicted octanol–water partition coefficient (Wildman–Crippen LogP) is 7.31. The van der Waals surface area contributed by atoms with Crippen molar-refractivity contribution in [3.8, 4) is 0 Å². The van der Waals surface area contributed by atoms with E-state index in [9.17, 15) is 4.79 Å². The van der Waals surface area contributed by atoms with Gasteiger partial charge in [0.05, 0.1) is 12.4 Å². The molecule has 0 unspecified atom stereocenters. The Bertz CT molecular complexity index is 851. The van der Waals surface area contributed by atoms with Crippen LogP contribution in [0.15, 0.2) is 40.7 Å². The number of carbonyl (C=O) groups excluding carboxylic acids is 1. The van der Waals surface area contributed by atoms with Crippen molar-refractivity contribution in [3.63, 3.8) is 0 Å². The zero-order chi connectivity index (χ0) is 23.1. The number of amides is 1. The lowest BCUT2D eigenvalue weighted by Crippen LogP contribution is -2.35. The summed E-state index contributed by atoms with van der Waals surface area (Å²) in [5.74, 6) is 1.57. The van der Waals surface area contributed by atoms with Crippen molar-refractivity contribution in [2.24, 2.45) is 0 Å². The monoisotopic (exact) mass is 441 g/mol. The Hall–Kier alpha value is -2.43. The maximum absolute atomic E-state index is 12.5. The number of nitrogens with zero attached hydrogens (tertiary/aromatic N) is 1. The Morgan fingerprint density at radius 1 is 1.12 bits per heavy atom. The minimum atomic E-state index is -0.268. The highest BCUT2D eigenvalue weighted by Gasteiger charge is 2.25. The summed E-state index contributed by atoms with van der Waals surface area (Å²) < 4.78 is 17.7. The molecule has 0 saturated heterocycles. The minimum Gasteiger partial charge on any atom is -0.490 e. The number of allylic oxidation sites excluding steroid dienone is 4. The van der Waals surface area contributed by atoms with Crippen molar-refractivity contribution in [1.29, 1.82) is 0 Å². The second-order valence-electron chi connectivity index (χ2n) is 9.37. The Kier molecular flexibility index (Phi) is 8.66. The third-order valence-electron chi connectivity index (χ3n) is 6.71. The van der Waals surface area contributed by atoms with Crippen LogP contribution in [0.25, 0.3) is 5.57 Å². The van der Waals surface area contributed by atoms with Crippen molar-refractivity contribution in [2.45, 2.75) is 97.3 Å². The van der Waals surface area contributed by atoms with Crippen LogP contribution in [0.5, 0.6) is 0 Å². The van der Waals surface area contributed by atoms with Gasteiger partial charge in [0.2, 0.25) is 0 Å². The fraction of sp³-hybridized carbons (Fsp3) is 0.593. The van der Waals surface area contributed by atoms with E-state index in [0.29, 0.717) is 6.04 Å². The molecule has 0 aliphatic heterocycles. The lowest BCUT2D eigenvalue weighted by atomic mass is 9.97. The normalized spacial score (nSPS) is 18.6. The average molecular weight is 442 g/mol. The summed E-state index contributed by atoms with van der Waals surface area (Å²) in [4.78, 5) is 14.3. The van der Waals surface area contributed by atoms with Gasteiger partial charge in [-0.25, -0.2) is 4.79 Å². The van der Waals surface area contributed by atoms with Crippen molar-refractivity contribution in [3.05, 3.63) is 53.2 Å². The fourth-order valence-corrected chi connectivity index (χ4v) is 4.58. The summed E-state index contributed by atoms with van der Waals surface area (Å²) in [5, 5.41) is 0. The Labute approximate surface area is 193 Å². The fourth-order valence-electron chi connectivity index (χ4n) is 4.58. The molecule has 0 bridgehead atoms. The van der Waals surface area contributed by atoms with Gasteiger partial charge in [-0.1, -0.05) is 31.9 Å². The summed E-state index contributed by atoms with van der Waals surface area (Å²) >= 11 is 0. The van der Waals surface area contributed by atoms with Crippen LogP contribution >= 0.6 is 0 Å². The topological polar surface area (TPSA) is 51.9 Å². The second kappa shape index (κ2) is 11.4. The quantitative estimate of drug-likeness (QED) is 0.313. The number of furan rings is 1. The first kappa shape index (κ1) is 24.2. The molecular weight excluding hydrogens is 402 g/mol. The van der Waals surface area contributed by atoms with Gasteiger partial charge in [0, 0.05) is 18.7 Å². The number of carbonyl (C=O) groups is 1. The number of ether oxygens (including phenoxy) is 2. The standard InChI is InChI=1S/C27H39NO4/c1-19(2)25(32-23-13-7-6-8-14-23)16-15-20(3)26-24(21(4)17-30-26)18-31-27(29)28(5)22-11-9-10-12-22/h15-17,22-23H,1,6-14,18H2,2-5H3/b20-15+,25-16+. The Balaban J connectivity index is 1.67. The van der Waals surface area contributed by atoms with Gasteiger partial charge in [-0.05, 0) is 82.1 Å². The third kappa shape index (κ3) is 6.30. The highest BCUT2D eigenvalue weighted by Crippen LogP contribution is 2.28. The SMILES string of the molecule is C=C(C)/C(=C\C=C(/C)c1occ(C)c1COC(=O)N(C)C1CCCC1)OC1CCCCC1. The number of aryl methyl sites for hydroxylation is 1. The molecule has 2 aliphatic carbocycles. The first-order chi connectivity index (χ1) is 15.4. The van der Waals surface area contributed by atoms with Gasteiger partial charge in [0.15, 0.2) is 0 Å². The molecule has 176 valence electrons. The van der Waals surface area contributed by atoms with Crippen LogP contribution in [0.4, 0.5) is 4.79 Å². The van der Waals surface area contributed by atoms with Gasteiger partial charge >= 0.3 is 6.09 Å². The highest BCUT2D eigenvalue weighted by atomic mass is 16.6. The van der Waals surface area contributed by atoms with E-state index in [1.165, 1.54) is 32.1 Å². The van der Waals surface area contributed by atoms with Crippen LogP contribution in [-0.4, -0.2) is 30.2 Å². The summed E-state index contributed by atoms with van der Waals surface area (Å²) in [7, 11) is 1.84. The van der Waals surface area contributed by atoms with E-state index in [1.54, 1.807) is 11.2 Å². The summed E-state index contributed by atoms with van der Waals surface area (Å²) in [6, 6.07) is 0.295. The molecule has 1 aromatic heterocycles. The molecule has 5 heteroatoms. The number of hydrogen-bond acceptors (Lipinski definition) is 4. The highest BCUT2D eigenvalue weighted by molar-refractivity contribution is 5.69. The van der Waals surface area contributed by atoms with Crippen LogP contribution in [0.1, 0.15) is 88.5 Å². The molecule has 1 aromatic rings. The van der Waals surface area contributed by atoms with Crippen molar-refractivity contribution < 1.29 is 18.7 Å². The molecule has 1 amide bonds. The zero-order valence-corrected chi connectivity index (χ0v) is 20.2. The van der Waals surface area contributed by atoms with Crippen LogP contribution in [0, 0.1) is 6.92 Å². The van der Waals surface area contributed by atoms with Gasteiger partial charge in [-0.15, -0.1) is 0 Å². The van der Waals surface area contributed by atoms with Crippen molar-refractivity contribution >= 4 is 11.7 Å². The van der Waals surface area contributed by atoms with E-state index in [0.717, 1.165) is 59.5 Å². The Morgan fingerprint density at radius 2 is 1.78 bits per heavy atom. The van der Waals surface area contributed by atoms with Crippen molar-refractivity contribution in [1.82, 2.24) is 4.90 Å². The smallest absolute Gasteiger partial charge is 0.410 e. The van der Waals surface area contributed by atoms with E-state index < -0.39 is 0 Å². The number of hydrogen-bond donors (Lipinski definition) is 0. The first-order valence-electron chi connectivity index (χ1n) is 12.0. The van der Waals surface area contributed by atoms with Crippen LogP contribution in [0.3, 0.4) is 0 Å². The van der Waals surface area contributed by atoms with Gasteiger partial charge in [-0.3, -0.25) is 0 Å². The molecule has 2 fully saturated rings. The summed E-state index contributed by atoms with van der Waals surface area (Å²) in [6.07, 6.45) is 16.2. The molecule has 0 aromatic carbocycles. The minimum absolute atomic E-state index is 0.203. The Morgan fingerprint density at radius 3 is 2.44 bits per heavy atom. The van der Waals surface area contributed by atoms with Gasteiger partial charge in [0.25, 0.3) is 0 Å². The maximum atomic E-state index is 12.5. The average Bonchev–Trinajstić information content (AvgIpc) is 3.45. The molecule has 3 rings (SSSR count). The summed E-state index contributed by atoms with van der Waals surface area (Å²) in [6.45, 7) is 10.2. The predicted molar refractivity (Wildman–Crippen MR) is 128 cm³/mol. The van der Waals surface area contributed by atoms with Crippen LogP contribution < -0.4 is 0 Å². The molecule has 2 aliphatic rings. The molecule has 0 radical (unpaired) electrons. The van der Waals surface area contributed by atoms with E-state index in [4.69, 9.17) is 13.9 Å². The molecule has 0 atom stereocenters. The lowest BCUT2D eigenvalue weighted by Gasteiger charge is -2.24. The second-order valence-corrected chi connectivity index (χ2v) is 9.37. The van der Waals surface area contributed by atoms with E-state index in [2.05, 4.69) is 6.58 Å². The van der Waals surface area contributed by atoms with Crippen LogP contribution in [0.2, 0.25) is 0 Å². The molecule has 0 spiro atoms. The van der Waals surface area contributed by atoms with Gasteiger partial charge in [-0.2, -0.15) is 0 Å². The molecule has 2 saturated carbocycles. The molecular formula is C27H39NO4. The lowest BCUT2D eigenvalue weighted by molar-refractivity contribution is 0.0876. The molecule has 32 heavy (non-hydrogen) atoms. The molecule has 0 N–H and O–H groups in total. The van der Waals surface area contributed by atoms with Gasteiger partial charge in [0.1, 0.15) is 18.1 Å². The van der Waals surface area contributed by atoms with Gasteiger partial charge < -0.3 is 18.8 Å². The largest absolute Gasteiger partial charge is 0.490 e. The zero-order valence-electron chi connectivity index (χ0n) is 20.2. The molecule has 1 heterocycles. The third-order valence-corrected chi connectivity index (χ3v) is 6.71.